The summed E-state index contributed by atoms with van der Waals surface area (Å²) in [4.78, 5) is 12.0. The van der Waals surface area contributed by atoms with Crippen LogP contribution in [0, 0.1) is 0 Å². The number of ketones is 1. The smallest absolute Gasteiger partial charge is 0.231 e. The van der Waals surface area contributed by atoms with Gasteiger partial charge in [0, 0.05) is 11.6 Å². The molecule has 1 aliphatic heterocycles. The summed E-state index contributed by atoms with van der Waals surface area (Å²) in [6, 6.07) is 7.59. The first-order valence-electron chi connectivity index (χ1n) is 6.44. The van der Waals surface area contributed by atoms with Gasteiger partial charge in [-0.3, -0.25) is 4.79 Å². The van der Waals surface area contributed by atoms with Gasteiger partial charge in [-0.15, -0.1) is 0 Å². The standard InChI is InChI=1S/C16H14O4/c1-2-18-13-5-3-11(4-6-13)7-12-8-15-16(9-14(12)17)20-10-19-15/h3-9H,2,10H2,1H3/b12-7+. The second kappa shape index (κ2) is 5.25. The third-order valence-electron chi connectivity index (χ3n) is 3.02. The minimum Gasteiger partial charge on any atom is -0.494 e. The summed E-state index contributed by atoms with van der Waals surface area (Å²) < 4.78 is 15.8. The maximum absolute atomic E-state index is 12.0. The van der Waals surface area contributed by atoms with Crippen LogP contribution in [-0.4, -0.2) is 19.2 Å². The van der Waals surface area contributed by atoms with E-state index in [-0.39, 0.29) is 12.6 Å². The van der Waals surface area contributed by atoms with Crippen molar-refractivity contribution >= 4 is 11.9 Å². The van der Waals surface area contributed by atoms with Crippen LogP contribution in [0.1, 0.15) is 12.5 Å². The first-order chi connectivity index (χ1) is 9.76. The van der Waals surface area contributed by atoms with Gasteiger partial charge in [0.05, 0.1) is 6.61 Å². The van der Waals surface area contributed by atoms with E-state index in [2.05, 4.69) is 0 Å². The Morgan fingerprint density at radius 2 is 1.85 bits per heavy atom. The van der Waals surface area contributed by atoms with E-state index in [9.17, 15) is 4.79 Å². The van der Waals surface area contributed by atoms with Crippen LogP contribution in [0.4, 0.5) is 0 Å². The molecule has 1 aromatic rings. The monoisotopic (exact) mass is 270 g/mol. The predicted octanol–water partition coefficient (Wildman–Crippen LogP) is 2.82. The molecule has 0 aromatic heterocycles. The van der Waals surface area contributed by atoms with Crippen LogP contribution in [0.2, 0.25) is 0 Å². The van der Waals surface area contributed by atoms with Crippen LogP contribution < -0.4 is 4.74 Å². The van der Waals surface area contributed by atoms with E-state index in [0.717, 1.165) is 11.3 Å². The van der Waals surface area contributed by atoms with Crippen molar-refractivity contribution in [1.29, 1.82) is 0 Å². The van der Waals surface area contributed by atoms with E-state index in [0.29, 0.717) is 23.7 Å². The van der Waals surface area contributed by atoms with E-state index in [1.807, 2.05) is 37.3 Å². The number of fused-ring (bicyclic) bond motifs is 1. The Kier molecular flexibility index (Phi) is 3.29. The number of rotatable bonds is 3. The number of carbonyl (C=O) groups is 1. The molecule has 102 valence electrons. The molecule has 4 heteroatoms. The van der Waals surface area contributed by atoms with Crippen molar-refractivity contribution in [2.45, 2.75) is 6.92 Å². The Balaban J connectivity index is 1.85. The molecule has 1 aliphatic carbocycles. The lowest BCUT2D eigenvalue weighted by molar-refractivity contribution is -0.111. The normalized spacial score (nSPS) is 18.9. The highest BCUT2D eigenvalue weighted by molar-refractivity contribution is 6.11. The Morgan fingerprint density at radius 3 is 2.55 bits per heavy atom. The summed E-state index contributed by atoms with van der Waals surface area (Å²) in [5.41, 5.74) is 1.52. The Bertz CT molecular complexity index is 620. The Labute approximate surface area is 117 Å². The van der Waals surface area contributed by atoms with Crippen LogP contribution in [0.3, 0.4) is 0 Å². The van der Waals surface area contributed by atoms with Crippen LogP contribution in [0.15, 0.2) is 53.5 Å². The lowest BCUT2D eigenvalue weighted by Gasteiger charge is -2.07. The maximum Gasteiger partial charge on any atom is 0.231 e. The number of hydrogen-bond donors (Lipinski definition) is 0. The Morgan fingerprint density at radius 1 is 1.15 bits per heavy atom. The lowest BCUT2D eigenvalue weighted by atomic mass is 10.0. The van der Waals surface area contributed by atoms with Crippen molar-refractivity contribution in [2.75, 3.05) is 13.4 Å². The number of allylic oxidation sites excluding steroid dienone is 3. The molecule has 1 aromatic carbocycles. The quantitative estimate of drug-likeness (QED) is 0.792. The summed E-state index contributed by atoms with van der Waals surface area (Å²) in [5.74, 6) is 1.86. The highest BCUT2D eigenvalue weighted by Crippen LogP contribution is 2.28. The molecule has 0 N–H and O–H groups in total. The summed E-state index contributed by atoms with van der Waals surface area (Å²) >= 11 is 0. The SMILES string of the molecule is CCOc1ccc(/C=C2\C=C3OCOC3=CC2=O)cc1. The van der Waals surface area contributed by atoms with Crippen LogP contribution in [0.5, 0.6) is 5.75 Å². The second-order valence-corrected chi connectivity index (χ2v) is 4.39. The van der Waals surface area contributed by atoms with Gasteiger partial charge in [0.25, 0.3) is 0 Å². The summed E-state index contributed by atoms with van der Waals surface area (Å²) in [7, 11) is 0. The van der Waals surface area contributed by atoms with Gasteiger partial charge in [-0.25, -0.2) is 0 Å². The van der Waals surface area contributed by atoms with Gasteiger partial charge >= 0.3 is 0 Å². The molecular weight excluding hydrogens is 256 g/mol. The van der Waals surface area contributed by atoms with Crippen molar-refractivity contribution < 1.29 is 19.0 Å². The summed E-state index contributed by atoms with van der Waals surface area (Å²) in [5, 5.41) is 0. The maximum atomic E-state index is 12.0. The fourth-order valence-corrected chi connectivity index (χ4v) is 2.06. The van der Waals surface area contributed by atoms with Gasteiger partial charge in [0.2, 0.25) is 6.79 Å². The van der Waals surface area contributed by atoms with Gasteiger partial charge in [0.15, 0.2) is 17.3 Å². The molecule has 0 radical (unpaired) electrons. The van der Waals surface area contributed by atoms with E-state index in [4.69, 9.17) is 14.2 Å². The van der Waals surface area contributed by atoms with Crippen LogP contribution in [-0.2, 0) is 14.3 Å². The van der Waals surface area contributed by atoms with Crippen LogP contribution >= 0.6 is 0 Å². The average Bonchev–Trinajstić information content (AvgIpc) is 2.89. The van der Waals surface area contributed by atoms with Crippen LogP contribution in [0.25, 0.3) is 6.08 Å². The topological polar surface area (TPSA) is 44.8 Å². The molecule has 0 unspecified atom stereocenters. The molecule has 0 spiro atoms. The zero-order valence-electron chi connectivity index (χ0n) is 11.1. The summed E-state index contributed by atoms with van der Waals surface area (Å²) in [6.07, 6.45) is 4.99. The molecule has 1 heterocycles. The van der Waals surface area contributed by atoms with E-state index < -0.39 is 0 Å². The third-order valence-corrected chi connectivity index (χ3v) is 3.02. The van der Waals surface area contributed by atoms with Crippen molar-refractivity contribution in [2.24, 2.45) is 0 Å². The molecular formula is C16H14O4. The average molecular weight is 270 g/mol. The first kappa shape index (κ1) is 12.5. The van der Waals surface area contributed by atoms with Gasteiger partial charge in [0.1, 0.15) is 5.75 Å². The molecule has 1 saturated heterocycles. The Hall–Kier alpha value is -2.49. The highest BCUT2D eigenvalue weighted by atomic mass is 16.7. The zero-order chi connectivity index (χ0) is 13.9. The molecule has 3 rings (SSSR count). The van der Waals surface area contributed by atoms with Gasteiger partial charge < -0.3 is 14.2 Å². The minimum atomic E-state index is -0.0804. The molecule has 1 fully saturated rings. The largest absolute Gasteiger partial charge is 0.494 e. The third kappa shape index (κ3) is 2.45. The number of benzene rings is 1. The van der Waals surface area contributed by atoms with E-state index in [1.54, 1.807) is 6.08 Å². The number of ether oxygens (including phenoxy) is 3. The molecule has 4 nitrogen and oxygen atoms in total. The van der Waals surface area contributed by atoms with Gasteiger partial charge in [-0.05, 0) is 36.8 Å². The molecule has 0 amide bonds. The summed E-state index contributed by atoms with van der Waals surface area (Å²) in [6.45, 7) is 2.74. The lowest BCUT2D eigenvalue weighted by Crippen LogP contribution is -2.04. The van der Waals surface area contributed by atoms with Gasteiger partial charge in [-0.1, -0.05) is 12.1 Å². The van der Waals surface area contributed by atoms with Crippen molar-refractivity contribution in [3.8, 4) is 5.75 Å². The van der Waals surface area contributed by atoms with Crippen molar-refractivity contribution in [3.63, 3.8) is 0 Å². The zero-order valence-corrected chi connectivity index (χ0v) is 11.1. The molecule has 0 bridgehead atoms. The fraction of sp³-hybridized carbons (Fsp3) is 0.188. The minimum absolute atomic E-state index is 0.0804. The first-order valence-corrected chi connectivity index (χ1v) is 6.44. The van der Waals surface area contributed by atoms with E-state index in [1.165, 1.54) is 6.08 Å². The highest BCUT2D eigenvalue weighted by Gasteiger charge is 2.24. The van der Waals surface area contributed by atoms with Gasteiger partial charge in [-0.2, -0.15) is 0 Å². The molecule has 20 heavy (non-hydrogen) atoms. The van der Waals surface area contributed by atoms with E-state index >= 15 is 0 Å². The number of hydrogen-bond acceptors (Lipinski definition) is 4. The van der Waals surface area contributed by atoms with Crippen molar-refractivity contribution in [1.82, 2.24) is 0 Å². The molecule has 2 aliphatic rings. The van der Waals surface area contributed by atoms with Crippen molar-refractivity contribution in [3.05, 3.63) is 59.1 Å². The number of carbonyl (C=O) groups excluding carboxylic acids is 1. The fourth-order valence-electron chi connectivity index (χ4n) is 2.06. The second-order valence-electron chi connectivity index (χ2n) is 4.39. The molecule has 0 atom stereocenters. The molecule has 0 saturated carbocycles. The predicted molar refractivity (Wildman–Crippen MR) is 73.8 cm³/mol.